The van der Waals surface area contributed by atoms with Crippen LogP contribution in [0.3, 0.4) is 0 Å². The van der Waals surface area contributed by atoms with Gasteiger partial charge in [-0.2, -0.15) is 0 Å². The highest BCUT2D eigenvalue weighted by Gasteiger charge is 2.28. The van der Waals surface area contributed by atoms with Crippen molar-refractivity contribution >= 4 is 0 Å². The Kier molecular flexibility index (Phi) is 5.68. The monoisotopic (exact) mass is 242 g/mol. The third-order valence-electron chi connectivity index (χ3n) is 2.92. The van der Waals surface area contributed by atoms with Gasteiger partial charge in [0.2, 0.25) is 0 Å². The van der Waals surface area contributed by atoms with Crippen LogP contribution in [0.4, 0.5) is 0 Å². The Bertz CT molecular complexity index is 275. The second kappa shape index (κ2) is 6.79. The first-order valence-corrected chi connectivity index (χ1v) is 6.12. The second-order valence-corrected chi connectivity index (χ2v) is 4.41. The zero-order valence-corrected chi connectivity index (χ0v) is 10.2. The van der Waals surface area contributed by atoms with E-state index in [1.54, 1.807) is 12.2 Å². The van der Waals surface area contributed by atoms with Crippen LogP contribution in [0.2, 0.25) is 0 Å². The van der Waals surface area contributed by atoms with E-state index in [1.807, 2.05) is 6.92 Å². The smallest absolute Gasteiger partial charge is 0.127 e. The Hall–Kier alpha value is -0.840. The van der Waals surface area contributed by atoms with E-state index in [1.165, 1.54) is 0 Å². The van der Waals surface area contributed by atoms with Crippen molar-refractivity contribution in [1.29, 1.82) is 0 Å². The molecule has 0 aromatic heterocycles. The molecule has 0 bridgehead atoms. The average molecular weight is 242 g/mol. The Labute approximate surface area is 102 Å². The van der Waals surface area contributed by atoms with Gasteiger partial charge in [0.25, 0.3) is 0 Å². The van der Waals surface area contributed by atoms with Crippen molar-refractivity contribution in [3.05, 3.63) is 24.5 Å². The van der Waals surface area contributed by atoms with E-state index in [4.69, 9.17) is 4.74 Å². The summed E-state index contributed by atoms with van der Waals surface area (Å²) in [6.07, 6.45) is 2.70. The predicted molar refractivity (Wildman–Crippen MR) is 65.3 cm³/mol. The van der Waals surface area contributed by atoms with E-state index in [0.717, 1.165) is 6.42 Å². The lowest BCUT2D eigenvalue weighted by Crippen LogP contribution is -2.39. The lowest BCUT2D eigenvalue weighted by atomic mass is 10.0. The Morgan fingerprint density at radius 2 is 2.12 bits per heavy atom. The average Bonchev–Trinajstić information content (AvgIpc) is 2.31. The lowest BCUT2D eigenvalue weighted by molar-refractivity contribution is -0.0706. The summed E-state index contributed by atoms with van der Waals surface area (Å²) < 4.78 is 5.47. The third kappa shape index (κ3) is 4.15. The van der Waals surface area contributed by atoms with E-state index in [9.17, 15) is 15.3 Å². The minimum atomic E-state index is -0.992. The van der Waals surface area contributed by atoms with Gasteiger partial charge in [-0.05, 0) is 19.3 Å². The summed E-state index contributed by atoms with van der Waals surface area (Å²) in [7, 11) is 0. The van der Waals surface area contributed by atoms with E-state index in [-0.39, 0.29) is 5.76 Å². The van der Waals surface area contributed by atoms with Crippen LogP contribution in [-0.4, -0.2) is 39.7 Å². The second-order valence-electron chi connectivity index (χ2n) is 4.41. The minimum absolute atomic E-state index is 0.269. The summed E-state index contributed by atoms with van der Waals surface area (Å²) in [5.41, 5.74) is 0. The normalized spacial score (nSPS) is 35.4. The van der Waals surface area contributed by atoms with Gasteiger partial charge in [-0.15, -0.1) is 0 Å². The molecule has 4 atom stereocenters. The molecule has 1 aliphatic heterocycles. The molecule has 0 aliphatic carbocycles. The first-order valence-electron chi connectivity index (χ1n) is 6.12. The van der Waals surface area contributed by atoms with Crippen LogP contribution >= 0.6 is 0 Å². The summed E-state index contributed by atoms with van der Waals surface area (Å²) >= 11 is 0. The molecule has 0 radical (unpaired) electrons. The molecule has 4 heteroatoms. The highest BCUT2D eigenvalue weighted by molar-refractivity contribution is 5.01. The molecule has 0 unspecified atom stereocenters. The van der Waals surface area contributed by atoms with Crippen LogP contribution in [-0.2, 0) is 4.74 Å². The summed E-state index contributed by atoms with van der Waals surface area (Å²) in [5.74, 6) is 0.269. The van der Waals surface area contributed by atoms with Crippen LogP contribution in [0.25, 0.3) is 0 Å². The molecule has 0 spiro atoms. The number of hydrogen-bond donors (Lipinski definition) is 3. The van der Waals surface area contributed by atoms with Gasteiger partial charge in [-0.25, -0.2) is 0 Å². The maximum atomic E-state index is 9.95. The minimum Gasteiger partial charge on any atom is -0.490 e. The standard InChI is InChI=1S/C13H22O4/c1-3-6-12-13(16)11(15)8-5-4-7-10(14)9(2)17-12/h5,8,10-16H,2-4,6-7H2,1H3/t10-,11+,12-,13+/m1/s1. The van der Waals surface area contributed by atoms with Crippen molar-refractivity contribution in [3.63, 3.8) is 0 Å². The van der Waals surface area contributed by atoms with Crippen LogP contribution < -0.4 is 0 Å². The first kappa shape index (κ1) is 14.2. The van der Waals surface area contributed by atoms with Gasteiger partial charge in [-0.3, -0.25) is 0 Å². The third-order valence-corrected chi connectivity index (χ3v) is 2.92. The summed E-state index contributed by atoms with van der Waals surface area (Å²) in [5, 5.41) is 29.4. The SMILES string of the molecule is C=C1O[C@H](CCC)[C@@H](O)[C@@H](O)C=CCC[C@H]1O. The van der Waals surface area contributed by atoms with Gasteiger partial charge in [0, 0.05) is 0 Å². The molecule has 1 heterocycles. The molecule has 1 rings (SSSR count). The van der Waals surface area contributed by atoms with Gasteiger partial charge in [0.1, 0.15) is 30.2 Å². The summed E-state index contributed by atoms with van der Waals surface area (Å²) in [4.78, 5) is 0. The maximum absolute atomic E-state index is 9.95. The van der Waals surface area contributed by atoms with Gasteiger partial charge < -0.3 is 20.1 Å². The maximum Gasteiger partial charge on any atom is 0.127 e. The molecule has 0 saturated carbocycles. The predicted octanol–water partition coefficient (Wildman–Crippen LogP) is 1.12. The molecule has 3 N–H and O–H groups in total. The topological polar surface area (TPSA) is 69.9 Å². The zero-order chi connectivity index (χ0) is 12.8. The molecule has 17 heavy (non-hydrogen) atoms. The molecule has 1 aliphatic rings. The van der Waals surface area contributed by atoms with Gasteiger partial charge in [0.05, 0.1) is 0 Å². The first-order chi connectivity index (χ1) is 8.06. The lowest BCUT2D eigenvalue weighted by Gasteiger charge is -2.29. The number of hydrogen-bond acceptors (Lipinski definition) is 4. The molecule has 0 saturated heterocycles. The number of ether oxygens (including phenoxy) is 1. The number of rotatable bonds is 2. The van der Waals surface area contributed by atoms with E-state index >= 15 is 0 Å². The summed E-state index contributed by atoms with van der Waals surface area (Å²) in [6.45, 7) is 5.64. The fraction of sp³-hybridized carbons (Fsp3) is 0.692. The summed E-state index contributed by atoms with van der Waals surface area (Å²) in [6, 6.07) is 0. The van der Waals surface area contributed by atoms with Crippen molar-refractivity contribution in [2.45, 2.75) is 57.0 Å². The molecule has 98 valence electrons. The van der Waals surface area contributed by atoms with Crippen LogP contribution in [0.15, 0.2) is 24.5 Å². The van der Waals surface area contributed by atoms with Crippen molar-refractivity contribution < 1.29 is 20.1 Å². The highest BCUT2D eigenvalue weighted by atomic mass is 16.5. The molecule has 0 amide bonds. The number of allylic oxidation sites excluding steroid dienone is 1. The molecule has 0 aromatic rings. The van der Waals surface area contributed by atoms with Crippen molar-refractivity contribution in [3.8, 4) is 0 Å². The van der Waals surface area contributed by atoms with Gasteiger partial charge in [0.15, 0.2) is 0 Å². The fourth-order valence-corrected chi connectivity index (χ4v) is 1.84. The van der Waals surface area contributed by atoms with E-state index in [0.29, 0.717) is 19.3 Å². The quantitative estimate of drug-likeness (QED) is 0.635. The van der Waals surface area contributed by atoms with Gasteiger partial charge in [-0.1, -0.05) is 32.1 Å². The van der Waals surface area contributed by atoms with Crippen molar-refractivity contribution in [2.24, 2.45) is 0 Å². The van der Waals surface area contributed by atoms with Crippen LogP contribution in [0.1, 0.15) is 32.6 Å². The number of aliphatic hydroxyl groups is 3. The molecule has 4 nitrogen and oxygen atoms in total. The Morgan fingerprint density at radius 1 is 1.41 bits per heavy atom. The Morgan fingerprint density at radius 3 is 2.76 bits per heavy atom. The fourth-order valence-electron chi connectivity index (χ4n) is 1.84. The van der Waals surface area contributed by atoms with E-state index in [2.05, 4.69) is 6.58 Å². The number of aliphatic hydroxyl groups excluding tert-OH is 3. The van der Waals surface area contributed by atoms with Crippen molar-refractivity contribution in [1.82, 2.24) is 0 Å². The van der Waals surface area contributed by atoms with Gasteiger partial charge >= 0.3 is 0 Å². The highest BCUT2D eigenvalue weighted by Crippen LogP contribution is 2.20. The molecular formula is C13H22O4. The van der Waals surface area contributed by atoms with E-state index < -0.39 is 24.4 Å². The Balaban J connectivity index is 2.80. The molecule has 0 fully saturated rings. The molecular weight excluding hydrogens is 220 g/mol. The largest absolute Gasteiger partial charge is 0.490 e. The zero-order valence-electron chi connectivity index (χ0n) is 10.2. The molecule has 0 aromatic carbocycles. The van der Waals surface area contributed by atoms with Crippen LogP contribution in [0.5, 0.6) is 0 Å². The van der Waals surface area contributed by atoms with Crippen LogP contribution in [0, 0.1) is 0 Å². The van der Waals surface area contributed by atoms with Crippen molar-refractivity contribution in [2.75, 3.05) is 0 Å².